The molecule has 0 fully saturated rings. The van der Waals surface area contributed by atoms with Crippen LogP contribution in [-0.4, -0.2) is 17.7 Å². The average molecular weight is 270 g/mol. The quantitative estimate of drug-likeness (QED) is 0.789. The van der Waals surface area contributed by atoms with Crippen molar-refractivity contribution in [3.63, 3.8) is 0 Å². The summed E-state index contributed by atoms with van der Waals surface area (Å²) >= 11 is 5.85. The van der Waals surface area contributed by atoms with Crippen molar-refractivity contribution in [2.75, 3.05) is 6.54 Å². The lowest BCUT2D eigenvalue weighted by atomic mass is 10.00. The normalized spacial score (nSPS) is 14.8. The lowest BCUT2D eigenvalue weighted by molar-refractivity contribution is 0.125. The summed E-state index contributed by atoms with van der Waals surface area (Å²) in [5.74, 6) is 0.683. The molecule has 1 aromatic rings. The Kier molecular flexibility index (Phi) is 6.69. The van der Waals surface area contributed by atoms with E-state index in [2.05, 4.69) is 26.1 Å². The number of halogens is 1. The first kappa shape index (κ1) is 15.5. The zero-order chi connectivity index (χ0) is 13.5. The Morgan fingerprint density at radius 3 is 2.33 bits per heavy atom. The minimum Gasteiger partial charge on any atom is -0.387 e. The highest BCUT2D eigenvalue weighted by Gasteiger charge is 2.18. The number of rotatable bonds is 7. The third kappa shape index (κ3) is 4.97. The first-order chi connectivity index (χ1) is 8.54. The first-order valence-corrected chi connectivity index (χ1v) is 7.09. The Labute approximate surface area is 115 Å². The molecule has 0 amide bonds. The Hall–Kier alpha value is -0.570. The molecule has 2 N–H and O–H groups in total. The molecule has 0 spiro atoms. The molecule has 0 aliphatic carbocycles. The fourth-order valence-corrected chi connectivity index (χ4v) is 2.05. The minimum atomic E-state index is -0.473. The van der Waals surface area contributed by atoms with Crippen molar-refractivity contribution in [1.29, 1.82) is 0 Å². The van der Waals surface area contributed by atoms with Crippen molar-refractivity contribution in [2.24, 2.45) is 5.92 Å². The number of aliphatic hydroxyl groups excluding tert-OH is 1. The molecule has 3 heteroatoms. The maximum absolute atomic E-state index is 10.3. The maximum Gasteiger partial charge on any atom is 0.0942 e. The van der Waals surface area contributed by atoms with Gasteiger partial charge in [0.05, 0.1) is 6.10 Å². The highest BCUT2D eigenvalue weighted by atomic mass is 35.5. The van der Waals surface area contributed by atoms with E-state index in [9.17, 15) is 5.11 Å². The number of nitrogens with one attached hydrogen (secondary N) is 1. The molecule has 2 unspecified atom stereocenters. The van der Waals surface area contributed by atoms with Gasteiger partial charge in [0.2, 0.25) is 0 Å². The molecule has 0 bridgehead atoms. The van der Waals surface area contributed by atoms with Gasteiger partial charge in [-0.05, 0) is 43.0 Å². The second-order valence-electron chi connectivity index (χ2n) is 5.15. The van der Waals surface area contributed by atoms with Crippen LogP contribution in [0.4, 0.5) is 0 Å². The largest absolute Gasteiger partial charge is 0.387 e. The summed E-state index contributed by atoms with van der Waals surface area (Å²) in [6, 6.07) is 7.52. The van der Waals surface area contributed by atoms with Gasteiger partial charge in [0, 0.05) is 11.1 Å². The van der Waals surface area contributed by atoms with E-state index in [4.69, 9.17) is 11.6 Å². The highest BCUT2D eigenvalue weighted by Crippen LogP contribution is 2.21. The zero-order valence-corrected chi connectivity index (χ0v) is 12.2. The molecule has 0 saturated carbocycles. The lowest BCUT2D eigenvalue weighted by Gasteiger charge is -2.24. The van der Waals surface area contributed by atoms with Crippen LogP contribution in [0.25, 0.3) is 0 Å². The van der Waals surface area contributed by atoms with E-state index >= 15 is 0 Å². The third-order valence-electron chi connectivity index (χ3n) is 3.16. The summed E-state index contributed by atoms with van der Waals surface area (Å²) in [5, 5.41) is 14.5. The lowest BCUT2D eigenvalue weighted by Crippen LogP contribution is -2.35. The number of aliphatic hydroxyl groups is 1. The van der Waals surface area contributed by atoms with Crippen LogP contribution in [0.2, 0.25) is 5.02 Å². The van der Waals surface area contributed by atoms with Gasteiger partial charge in [-0.15, -0.1) is 0 Å². The molecule has 0 saturated heterocycles. The van der Waals surface area contributed by atoms with E-state index < -0.39 is 6.10 Å². The standard InChI is InChI=1S/C15H24ClNO/c1-4-14(17-10-9-11(2)3)15(18)12-5-7-13(16)8-6-12/h5-8,11,14-15,17-18H,4,9-10H2,1-3H3. The molecular formula is C15H24ClNO. The van der Waals surface area contributed by atoms with Crippen LogP contribution in [0, 0.1) is 5.92 Å². The smallest absolute Gasteiger partial charge is 0.0942 e. The Morgan fingerprint density at radius 1 is 1.22 bits per heavy atom. The molecule has 102 valence electrons. The van der Waals surface area contributed by atoms with E-state index in [1.165, 1.54) is 0 Å². The fourth-order valence-electron chi connectivity index (χ4n) is 1.93. The van der Waals surface area contributed by atoms with Gasteiger partial charge in [-0.3, -0.25) is 0 Å². The van der Waals surface area contributed by atoms with Gasteiger partial charge >= 0.3 is 0 Å². The molecule has 0 aliphatic rings. The Morgan fingerprint density at radius 2 is 1.83 bits per heavy atom. The van der Waals surface area contributed by atoms with Crippen LogP contribution in [0.3, 0.4) is 0 Å². The summed E-state index contributed by atoms with van der Waals surface area (Å²) in [4.78, 5) is 0. The molecule has 0 heterocycles. The van der Waals surface area contributed by atoms with Crippen LogP contribution < -0.4 is 5.32 Å². The zero-order valence-electron chi connectivity index (χ0n) is 11.5. The molecule has 2 atom stereocenters. The minimum absolute atomic E-state index is 0.102. The van der Waals surface area contributed by atoms with Gasteiger partial charge in [0.1, 0.15) is 0 Å². The first-order valence-electron chi connectivity index (χ1n) is 6.71. The predicted molar refractivity (Wildman–Crippen MR) is 77.9 cm³/mol. The SMILES string of the molecule is CCC(NCCC(C)C)C(O)c1ccc(Cl)cc1. The van der Waals surface area contributed by atoms with E-state index in [0.29, 0.717) is 10.9 Å². The predicted octanol–water partition coefficient (Wildman–Crippen LogP) is 3.79. The summed E-state index contributed by atoms with van der Waals surface area (Å²) < 4.78 is 0. The van der Waals surface area contributed by atoms with Gasteiger partial charge in [-0.1, -0.05) is 44.5 Å². The molecule has 2 nitrogen and oxygen atoms in total. The molecule has 0 aromatic heterocycles. The molecule has 18 heavy (non-hydrogen) atoms. The second-order valence-corrected chi connectivity index (χ2v) is 5.58. The molecule has 1 aromatic carbocycles. The summed E-state index contributed by atoms with van der Waals surface area (Å²) in [6.07, 6.45) is 1.56. The average Bonchev–Trinajstić information content (AvgIpc) is 2.34. The summed E-state index contributed by atoms with van der Waals surface area (Å²) in [5.41, 5.74) is 0.920. The highest BCUT2D eigenvalue weighted by molar-refractivity contribution is 6.30. The van der Waals surface area contributed by atoms with Gasteiger partial charge < -0.3 is 10.4 Å². The van der Waals surface area contributed by atoms with Crippen molar-refractivity contribution in [2.45, 2.75) is 45.8 Å². The number of benzene rings is 1. The summed E-state index contributed by atoms with van der Waals surface area (Å²) in [7, 11) is 0. The van der Waals surface area contributed by atoms with E-state index in [0.717, 1.165) is 24.9 Å². The van der Waals surface area contributed by atoms with Crippen LogP contribution in [0.5, 0.6) is 0 Å². The van der Waals surface area contributed by atoms with Crippen molar-refractivity contribution in [3.05, 3.63) is 34.9 Å². The Balaban J connectivity index is 2.55. The summed E-state index contributed by atoms with van der Waals surface area (Å²) in [6.45, 7) is 7.45. The molecule has 0 radical (unpaired) electrons. The van der Waals surface area contributed by atoms with Crippen LogP contribution in [0.1, 0.15) is 45.3 Å². The number of hydrogen-bond acceptors (Lipinski definition) is 2. The van der Waals surface area contributed by atoms with E-state index in [1.807, 2.05) is 24.3 Å². The molecular weight excluding hydrogens is 246 g/mol. The van der Waals surface area contributed by atoms with Crippen molar-refractivity contribution in [3.8, 4) is 0 Å². The van der Waals surface area contributed by atoms with Gasteiger partial charge in [0.15, 0.2) is 0 Å². The van der Waals surface area contributed by atoms with E-state index in [1.54, 1.807) is 0 Å². The van der Waals surface area contributed by atoms with Gasteiger partial charge in [-0.2, -0.15) is 0 Å². The monoisotopic (exact) mass is 269 g/mol. The molecule has 1 rings (SSSR count). The third-order valence-corrected chi connectivity index (χ3v) is 3.41. The van der Waals surface area contributed by atoms with Crippen LogP contribution in [0.15, 0.2) is 24.3 Å². The van der Waals surface area contributed by atoms with Crippen LogP contribution in [-0.2, 0) is 0 Å². The molecule has 0 aliphatic heterocycles. The topological polar surface area (TPSA) is 32.3 Å². The van der Waals surface area contributed by atoms with Crippen molar-refractivity contribution < 1.29 is 5.11 Å². The van der Waals surface area contributed by atoms with Gasteiger partial charge in [0.25, 0.3) is 0 Å². The number of hydrogen-bond donors (Lipinski definition) is 2. The van der Waals surface area contributed by atoms with Crippen molar-refractivity contribution in [1.82, 2.24) is 5.32 Å². The van der Waals surface area contributed by atoms with Gasteiger partial charge in [-0.25, -0.2) is 0 Å². The van der Waals surface area contributed by atoms with Crippen molar-refractivity contribution >= 4 is 11.6 Å². The van der Waals surface area contributed by atoms with Crippen LogP contribution >= 0.6 is 11.6 Å². The fraction of sp³-hybridized carbons (Fsp3) is 0.600. The maximum atomic E-state index is 10.3. The second kappa shape index (κ2) is 7.78. The Bertz CT molecular complexity index is 337. The van der Waals surface area contributed by atoms with E-state index in [-0.39, 0.29) is 6.04 Å².